The minimum atomic E-state index is 0.0373. The molecule has 1 aliphatic rings. The quantitative estimate of drug-likeness (QED) is 0.738. The Hall–Kier alpha value is -1.06. The molecule has 4 nitrogen and oxygen atoms in total. The van der Waals surface area contributed by atoms with Gasteiger partial charge in [0.15, 0.2) is 0 Å². The van der Waals surface area contributed by atoms with E-state index in [-0.39, 0.29) is 6.04 Å². The molecular weight excluding hydrogens is 204 g/mol. The Kier molecular flexibility index (Phi) is 5.29. The van der Waals surface area contributed by atoms with Crippen molar-refractivity contribution in [3.63, 3.8) is 0 Å². The van der Waals surface area contributed by atoms with Gasteiger partial charge in [-0.1, -0.05) is 13.8 Å². The summed E-state index contributed by atoms with van der Waals surface area (Å²) in [6, 6.07) is 0.0373. The Morgan fingerprint density at radius 2 is 1.94 bits per heavy atom. The minimum Gasteiger partial charge on any atom is -0.480 e. The predicted octanol–water partition coefficient (Wildman–Crippen LogP) is 2.28. The summed E-state index contributed by atoms with van der Waals surface area (Å²) in [6.07, 6.45) is 0.954. The highest BCUT2D eigenvalue weighted by molar-refractivity contribution is 5.91. The largest absolute Gasteiger partial charge is 0.480 e. The summed E-state index contributed by atoms with van der Waals surface area (Å²) in [5.41, 5.74) is 0. The zero-order valence-electron chi connectivity index (χ0n) is 10.7. The van der Waals surface area contributed by atoms with Gasteiger partial charge in [0.2, 0.25) is 11.8 Å². The molecule has 1 aliphatic heterocycles. The summed E-state index contributed by atoms with van der Waals surface area (Å²) in [6.45, 7) is 10.1. The van der Waals surface area contributed by atoms with Gasteiger partial charge in [-0.3, -0.25) is 0 Å². The van der Waals surface area contributed by atoms with Gasteiger partial charge >= 0.3 is 0 Å². The Morgan fingerprint density at radius 1 is 1.25 bits per heavy atom. The van der Waals surface area contributed by atoms with Crippen LogP contribution >= 0.6 is 0 Å². The SMILES string of the molecule is CCOC1=N[C@@H](CC(C)C)C(OCC)=NC1. The van der Waals surface area contributed by atoms with Gasteiger partial charge in [0, 0.05) is 0 Å². The van der Waals surface area contributed by atoms with Crippen molar-refractivity contribution < 1.29 is 9.47 Å². The Morgan fingerprint density at radius 3 is 2.50 bits per heavy atom. The van der Waals surface area contributed by atoms with Crippen LogP contribution < -0.4 is 0 Å². The van der Waals surface area contributed by atoms with Crippen LogP contribution in [0.5, 0.6) is 0 Å². The first-order valence-electron chi connectivity index (χ1n) is 6.03. The van der Waals surface area contributed by atoms with Crippen molar-refractivity contribution in [1.82, 2.24) is 0 Å². The highest BCUT2D eigenvalue weighted by Crippen LogP contribution is 2.14. The maximum Gasteiger partial charge on any atom is 0.209 e. The normalized spacial score (nSPS) is 20.4. The molecule has 0 N–H and O–H groups in total. The monoisotopic (exact) mass is 226 g/mol. The molecule has 0 bridgehead atoms. The molecular formula is C12H22N2O2. The van der Waals surface area contributed by atoms with Gasteiger partial charge in [-0.05, 0) is 26.2 Å². The first-order valence-corrected chi connectivity index (χ1v) is 6.03. The lowest BCUT2D eigenvalue weighted by Crippen LogP contribution is -2.31. The predicted molar refractivity (Wildman–Crippen MR) is 66.2 cm³/mol. The zero-order chi connectivity index (χ0) is 12.0. The zero-order valence-corrected chi connectivity index (χ0v) is 10.7. The van der Waals surface area contributed by atoms with Crippen LogP contribution in [0.3, 0.4) is 0 Å². The Balaban J connectivity index is 2.67. The van der Waals surface area contributed by atoms with E-state index >= 15 is 0 Å². The van der Waals surface area contributed by atoms with Gasteiger partial charge in [0.25, 0.3) is 0 Å². The molecule has 0 saturated carbocycles. The number of hydrogen-bond donors (Lipinski definition) is 0. The number of nitrogens with zero attached hydrogens (tertiary/aromatic N) is 2. The van der Waals surface area contributed by atoms with Gasteiger partial charge in [0.05, 0.1) is 13.2 Å². The van der Waals surface area contributed by atoms with Gasteiger partial charge in [-0.2, -0.15) is 0 Å². The first kappa shape index (κ1) is 13.0. The molecule has 0 aliphatic carbocycles. The fourth-order valence-corrected chi connectivity index (χ4v) is 1.66. The lowest BCUT2D eigenvalue weighted by molar-refractivity contribution is 0.288. The maximum atomic E-state index is 5.51. The summed E-state index contributed by atoms with van der Waals surface area (Å²) in [5.74, 6) is 2.07. The van der Waals surface area contributed by atoms with Gasteiger partial charge in [-0.15, -0.1) is 0 Å². The molecule has 0 fully saturated rings. The third-order valence-electron chi connectivity index (χ3n) is 2.25. The smallest absolute Gasteiger partial charge is 0.209 e. The van der Waals surface area contributed by atoms with Crippen LogP contribution in [0.1, 0.15) is 34.1 Å². The van der Waals surface area contributed by atoms with E-state index in [1.54, 1.807) is 0 Å². The van der Waals surface area contributed by atoms with Crippen molar-refractivity contribution in [3.8, 4) is 0 Å². The average molecular weight is 226 g/mol. The second-order valence-corrected chi connectivity index (χ2v) is 4.19. The molecule has 0 saturated heterocycles. The van der Waals surface area contributed by atoms with Crippen LogP contribution in [-0.2, 0) is 9.47 Å². The van der Waals surface area contributed by atoms with Crippen molar-refractivity contribution in [2.24, 2.45) is 15.9 Å². The standard InChI is InChI=1S/C12H22N2O2/c1-5-15-11-8-13-12(16-6-2)10(14-11)7-9(3)4/h9-10H,5-8H2,1-4H3/t10-/m0/s1. The molecule has 16 heavy (non-hydrogen) atoms. The Bertz CT molecular complexity index is 272. The second-order valence-electron chi connectivity index (χ2n) is 4.19. The van der Waals surface area contributed by atoms with E-state index < -0.39 is 0 Å². The topological polar surface area (TPSA) is 43.2 Å². The lowest BCUT2D eigenvalue weighted by Gasteiger charge is -2.22. The third kappa shape index (κ3) is 3.83. The van der Waals surface area contributed by atoms with E-state index in [1.165, 1.54) is 0 Å². The van der Waals surface area contributed by atoms with Crippen LogP contribution in [-0.4, -0.2) is 37.6 Å². The van der Waals surface area contributed by atoms with Gasteiger partial charge < -0.3 is 9.47 Å². The van der Waals surface area contributed by atoms with Crippen LogP contribution in [0, 0.1) is 5.92 Å². The number of rotatable bonds is 4. The fraction of sp³-hybridized carbons (Fsp3) is 0.833. The molecule has 0 aromatic carbocycles. The molecule has 0 radical (unpaired) electrons. The minimum absolute atomic E-state index is 0.0373. The second kappa shape index (κ2) is 6.51. The summed E-state index contributed by atoms with van der Waals surface area (Å²) in [5, 5.41) is 0. The fourth-order valence-electron chi connectivity index (χ4n) is 1.66. The van der Waals surface area contributed by atoms with Crippen LogP contribution in [0.25, 0.3) is 0 Å². The van der Waals surface area contributed by atoms with E-state index in [9.17, 15) is 0 Å². The van der Waals surface area contributed by atoms with E-state index in [1.807, 2.05) is 13.8 Å². The molecule has 0 unspecified atom stereocenters. The molecule has 1 heterocycles. The third-order valence-corrected chi connectivity index (χ3v) is 2.25. The molecule has 0 aromatic heterocycles. The number of hydrogen-bond acceptors (Lipinski definition) is 4. The highest BCUT2D eigenvalue weighted by atomic mass is 16.5. The van der Waals surface area contributed by atoms with Crippen molar-refractivity contribution >= 4 is 11.8 Å². The summed E-state index contributed by atoms with van der Waals surface area (Å²) >= 11 is 0. The molecule has 1 atom stereocenters. The van der Waals surface area contributed by atoms with E-state index in [0.29, 0.717) is 25.7 Å². The molecule has 0 spiro atoms. The average Bonchev–Trinajstić information content (AvgIpc) is 2.22. The van der Waals surface area contributed by atoms with E-state index in [4.69, 9.17) is 9.47 Å². The van der Waals surface area contributed by atoms with Gasteiger partial charge in [0.1, 0.15) is 12.6 Å². The molecule has 92 valence electrons. The molecule has 4 heteroatoms. The summed E-state index contributed by atoms with van der Waals surface area (Å²) in [4.78, 5) is 8.94. The number of ether oxygens (including phenoxy) is 2. The van der Waals surface area contributed by atoms with Gasteiger partial charge in [-0.25, -0.2) is 9.98 Å². The first-order chi connectivity index (χ1) is 7.67. The van der Waals surface area contributed by atoms with Crippen molar-refractivity contribution in [2.45, 2.75) is 40.2 Å². The Labute approximate surface area is 97.8 Å². The van der Waals surface area contributed by atoms with Crippen molar-refractivity contribution in [1.29, 1.82) is 0 Å². The van der Waals surface area contributed by atoms with Crippen LogP contribution in [0.15, 0.2) is 9.98 Å². The molecule has 1 rings (SSSR count). The van der Waals surface area contributed by atoms with Crippen LogP contribution in [0.2, 0.25) is 0 Å². The van der Waals surface area contributed by atoms with E-state index in [2.05, 4.69) is 23.8 Å². The lowest BCUT2D eigenvalue weighted by atomic mass is 10.0. The molecule has 0 amide bonds. The van der Waals surface area contributed by atoms with Crippen LogP contribution in [0.4, 0.5) is 0 Å². The highest BCUT2D eigenvalue weighted by Gasteiger charge is 2.23. The van der Waals surface area contributed by atoms with Crippen molar-refractivity contribution in [2.75, 3.05) is 19.8 Å². The summed E-state index contributed by atoms with van der Waals surface area (Å²) in [7, 11) is 0. The van der Waals surface area contributed by atoms with Crippen molar-refractivity contribution in [3.05, 3.63) is 0 Å². The number of aliphatic imine (C=N–C) groups is 2. The van der Waals surface area contributed by atoms with E-state index in [0.717, 1.165) is 18.2 Å². The summed E-state index contributed by atoms with van der Waals surface area (Å²) < 4.78 is 10.9. The maximum absolute atomic E-state index is 5.51. The molecule has 0 aromatic rings.